The Balaban J connectivity index is 2.46. The zero-order valence-electron chi connectivity index (χ0n) is 8.98. The lowest BCUT2D eigenvalue weighted by molar-refractivity contribution is -0.131. The van der Waals surface area contributed by atoms with Crippen molar-refractivity contribution in [1.29, 1.82) is 0 Å². The summed E-state index contributed by atoms with van der Waals surface area (Å²) in [6.07, 6.45) is 1.74. The van der Waals surface area contributed by atoms with Crippen LogP contribution < -0.4 is 5.73 Å². The Hall–Kier alpha value is -0.680. The fraction of sp³-hybridized carbons (Fsp3) is 0.800. The minimum absolute atomic E-state index is 0.0166. The third-order valence-electron chi connectivity index (χ3n) is 2.93. The highest BCUT2D eigenvalue weighted by atomic mass is 32.1. The molecule has 4 nitrogen and oxygen atoms in total. The number of hydrogen-bond acceptors (Lipinski definition) is 3. The van der Waals surface area contributed by atoms with E-state index in [2.05, 4.69) is 0 Å². The first kappa shape index (κ1) is 12.4. The number of carbonyl (C=O) groups excluding carboxylic acids is 1. The average molecular weight is 230 g/mol. The van der Waals surface area contributed by atoms with E-state index in [0.717, 1.165) is 25.9 Å². The number of rotatable bonds is 4. The van der Waals surface area contributed by atoms with Gasteiger partial charge in [0.15, 0.2) is 0 Å². The number of amides is 1. The fourth-order valence-corrected chi connectivity index (χ4v) is 1.95. The first-order chi connectivity index (χ1) is 7.06. The van der Waals surface area contributed by atoms with E-state index in [1.807, 2.05) is 0 Å². The molecule has 0 saturated carbocycles. The van der Waals surface area contributed by atoms with Crippen LogP contribution in [0.3, 0.4) is 0 Å². The molecule has 1 saturated heterocycles. The van der Waals surface area contributed by atoms with Gasteiger partial charge in [-0.05, 0) is 25.7 Å². The number of nitrogens with two attached hydrogens (primary N) is 1. The molecule has 1 heterocycles. The van der Waals surface area contributed by atoms with Crippen LogP contribution in [0.4, 0.5) is 0 Å². The Labute approximate surface area is 95.4 Å². The van der Waals surface area contributed by atoms with Gasteiger partial charge < -0.3 is 15.7 Å². The molecule has 0 aromatic carbocycles. The molecule has 1 amide bonds. The van der Waals surface area contributed by atoms with Crippen molar-refractivity contribution in [2.75, 3.05) is 19.7 Å². The molecule has 1 rings (SSSR count). The van der Waals surface area contributed by atoms with Crippen molar-refractivity contribution in [3.05, 3.63) is 0 Å². The van der Waals surface area contributed by atoms with Crippen molar-refractivity contribution >= 4 is 23.1 Å². The van der Waals surface area contributed by atoms with Crippen molar-refractivity contribution in [2.24, 2.45) is 17.6 Å². The molecule has 2 unspecified atom stereocenters. The van der Waals surface area contributed by atoms with Gasteiger partial charge in [-0.3, -0.25) is 4.79 Å². The topological polar surface area (TPSA) is 66.6 Å². The van der Waals surface area contributed by atoms with E-state index in [1.165, 1.54) is 0 Å². The van der Waals surface area contributed by atoms with Crippen molar-refractivity contribution in [2.45, 2.75) is 19.8 Å². The highest BCUT2D eigenvalue weighted by Crippen LogP contribution is 2.20. The van der Waals surface area contributed by atoms with E-state index in [9.17, 15) is 4.79 Å². The number of aliphatic hydroxyl groups excluding tert-OH is 1. The normalized spacial score (nSPS) is 22.8. The van der Waals surface area contributed by atoms with Gasteiger partial charge in [0.2, 0.25) is 5.91 Å². The standard InChI is InChI=1S/C10H18N2O2S/c1-7(9(11)15)10(14)12-4-2-8(6-12)3-5-13/h7-8,13H,2-6H2,1H3,(H2,11,15). The summed E-state index contributed by atoms with van der Waals surface area (Å²) in [5.74, 6) is 0.0771. The van der Waals surface area contributed by atoms with E-state index >= 15 is 0 Å². The molecule has 1 aliphatic heterocycles. The lowest BCUT2D eigenvalue weighted by Crippen LogP contribution is -2.38. The Morgan fingerprint density at radius 1 is 1.73 bits per heavy atom. The Kier molecular flexibility index (Phi) is 4.47. The Morgan fingerprint density at radius 3 is 2.93 bits per heavy atom. The molecule has 2 atom stereocenters. The van der Waals surface area contributed by atoms with Gasteiger partial charge in [0.25, 0.3) is 0 Å². The highest BCUT2D eigenvalue weighted by molar-refractivity contribution is 7.80. The van der Waals surface area contributed by atoms with Crippen LogP contribution >= 0.6 is 12.2 Å². The predicted molar refractivity (Wildman–Crippen MR) is 62.3 cm³/mol. The number of hydrogen-bond donors (Lipinski definition) is 2. The second kappa shape index (κ2) is 5.42. The molecule has 0 aromatic heterocycles. The van der Waals surface area contributed by atoms with E-state index in [-0.39, 0.29) is 23.4 Å². The molecule has 86 valence electrons. The second-order valence-corrected chi connectivity index (χ2v) is 4.55. The minimum Gasteiger partial charge on any atom is -0.396 e. The maximum atomic E-state index is 11.8. The van der Waals surface area contributed by atoms with Crippen molar-refractivity contribution in [3.63, 3.8) is 0 Å². The monoisotopic (exact) mass is 230 g/mol. The van der Waals surface area contributed by atoms with Crippen molar-refractivity contribution in [3.8, 4) is 0 Å². The zero-order chi connectivity index (χ0) is 11.4. The lowest BCUT2D eigenvalue weighted by Gasteiger charge is -2.20. The minimum atomic E-state index is -0.368. The van der Waals surface area contributed by atoms with E-state index in [0.29, 0.717) is 5.92 Å². The summed E-state index contributed by atoms with van der Waals surface area (Å²) in [5.41, 5.74) is 5.44. The molecule has 5 heteroatoms. The summed E-state index contributed by atoms with van der Waals surface area (Å²) in [6, 6.07) is 0. The molecule has 0 aromatic rings. The quantitative estimate of drug-likeness (QED) is 0.674. The van der Waals surface area contributed by atoms with Crippen LogP contribution in [0.5, 0.6) is 0 Å². The van der Waals surface area contributed by atoms with Crippen LogP contribution in [0, 0.1) is 11.8 Å². The molecular formula is C10H18N2O2S. The largest absolute Gasteiger partial charge is 0.396 e. The van der Waals surface area contributed by atoms with Gasteiger partial charge in [0.1, 0.15) is 0 Å². The first-order valence-corrected chi connectivity index (χ1v) is 5.66. The number of thiocarbonyl (C=S) groups is 1. The van der Waals surface area contributed by atoms with Crippen LogP contribution in [-0.2, 0) is 4.79 Å². The van der Waals surface area contributed by atoms with Gasteiger partial charge in [-0.2, -0.15) is 0 Å². The van der Waals surface area contributed by atoms with Gasteiger partial charge in [-0.1, -0.05) is 12.2 Å². The number of aliphatic hydroxyl groups is 1. The molecule has 0 bridgehead atoms. The van der Waals surface area contributed by atoms with E-state index in [4.69, 9.17) is 23.1 Å². The SMILES string of the molecule is CC(C(=O)N1CCC(CCO)C1)C(N)=S. The summed E-state index contributed by atoms with van der Waals surface area (Å²) in [7, 11) is 0. The molecule has 1 aliphatic rings. The van der Waals surface area contributed by atoms with Crippen molar-refractivity contribution in [1.82, 2.24) is 4.90 Å². The third kappa shape index (κ3) is 3.14. The van der Waals surface area contributed by atoms with Crippen LogP contribution in [0.2, 0.25) is 0 Å². The average Bonchev–Trinajstić information content (AvgIpc) is 2.64. The van der Waals surface area contributed by atoms with E-state index in [1.54, 1.807) is 11.8 Å². The van der Waals surface area contributed by atoms with Gasteiger partial charge in [-0.15, -0.1) is 0 Å². The maximum absolute atomic E-state index is 11.8. The zero-order valence-corrected chi connectivity index (χ0v) is 9.80. The summed E-state index contributed by atoms with van der Waals surface area (Å²) >= 11 is 4.80. The van der Waals surface area contributed by atoms with Crippen LogP contribution in [0.25, 0.3) is 0 Å². The maximum Gasteiger partial charge on any atom is 0.232 e. The molecule has 3 N–H and O–H groups in total. The van der Waals surface area contributed by atoms with Gasteiger partial charge in [-0.25, -0.2) is 0 Å². The molecule has 0 spiro atoms. The van der Waals surface area contributed by atoms with Gasteiger partial charge >= 0.3 is 0 Å². The number of carbonyl (C=O) groups is 1. The van der Waals surface area contributed by atoms with Gasteiger partial charge in [0, 0.05) is 19.7 Å². The van der Waals surface area contributed by atoms with Crippen LogP contribution in [0.15, 0.2) is 0 Å². The molecular weight excluding hydrogens is 212 g/mol. The van der Waals surface area contributed by atoms with E-state index < -0.39 is 0 Å². The molecule has 15 heavy (non-hydrogen) atoms. The Bertz CT molecular complexity index is 258. The molecule has 0 aliphatic carbocycles. The van der Waals surface area contributed by atoms with Gasteiger partial charge in [0.05, 0.1) is 10.9 Å². The first-order valence-electron chi connectivity index (χ1n) is 5.25. The number of likely N-dealkylation sites (tertiary alicyclic amines) is 1. The molecule has 0 radical (unpaired) electrons. The van der Waals surface area contributed by atoms with Crippen molar-refractivity contribution < 1.29 is 9.90 Å². The summed E-state index contributed by atoms with van der Waals surface area (Å²) in [6.45, 7) is 3.42. The summed E-state index contributed by atoms with van der Waals surface area (Å²) in [5, 5.41) is 8.80. The predicted octanol–water partition coefficient (Wildman–Crippen LogP) is 0.140. The smallest absolute Gasteiger partial charge is 0.232 e. The molecule has 1 fully saturated rings. The van der Waals surface area contributed by atoms with Crippen LogP contribution in [-0.4, -0.2) is 40.6 Å². The third-order valence-corrected chi connectivity index (χ3v) is 3.29. The van der Waals surface area contributed by atoms with Crippen LogP contribution in [0.1, 0.15) is 19.8 Å². The summed E-state index contributed by atoms with van der Waals surface area (Å²) in [4.78, 5) is 13.9. The fourth-order valence-electron chi connectivity index (χ4n) is 1.85. The summed E-state index contributed by atoms with van der Waals surface area (Å²) < 4.78 is 0. The second-order valence-electron chi connectivity index (χ2n) is 4.08. The Morgan fingerprint density at radius 2 is 2.40 bits per heavy atom. The lowest BCUT2D eigenvalue weighted by atomic mass is 10.1. The highest BCUT2D eigenvalue weighted by Gasteiger charge is 2.29. The number of nitrogens with zero attached hydrogens (tertiary/aromatic N) is 1.